The molecule has 0 heterocycles. The molecule has 0 aliphatic heterocycles. The highest BCUT2D eigenvalue weighted by Crippen LogP contribution is 2.20. The molecule has 15 nitrogen and oxygen atoms in total. The third-order valence-electron chi connectivity index (χ3n) is 10.2. The van der Waals surface area contributed by atoms with E-state index in [4.69, 9.17) is 36.3 Å². The van der Waals surface area contributed by atoms with Crippen LogP contribution >= 0.6 is 0 Å². The van der Waals surface area contributed by atoms with Gasteiger partial charge in [0.05, 0.1) is 24.3 Å². The number of rotatable bonds is 18. The predicted molar refractivity (Wildman–Crippen MR) is 242 cm³/mol. The van der Waals surface area contributed by atoms with E-state index in [2.05, 4.69) is 22.8 Å². The van der Waals surface area contributed by atoms with Gasteiger partial charge in [0.1, 0.15) is 11.4 Å². The van der Waals surface area contributed by atoms with Crippen LogP contribution in [0, 0.1) is 11.8 Å². The van der Waals surface area contributed by atoms with Crippen LogP contribution in [0.1, 0.15) is 110 Å². The molecule has 0 spiro atoms. The summed E-state index contributed by atoms with van der Waals surface area (Å²) in [5.74, 6) is -1.62. The Kier molecular flexibility index (Phi) is 27.2. The van der Waals surface area contributed by atoms with Crippen LogP contribution in [0.3, 0.4) is 0 Å². The van der Waals surface area contributed by atoms with E-state index >= 15 is 0 Å². The molecule has 2 aromatic carbocycles. The van der Waals surface area contributed by atoms with Gasteiger partial charge in [-0.3, -0.25) is 19.2 Å². The zero-order valence-corrected chi connectivity index (χ0v) is 37.6. The van der Waals surface area contributed by atoms with Crippen LogP contribution < -0.4 is 22.1 Å². The lowest BCUT2D eigenvalue weighted by molar-refractivity contribution is -0.131. The standard InChI is InChI=1S/C21H30N2O3.C21H29NO5.C5H11NO.CH2O2/c1-15(22)20(25)13-17(8-7-16-5-3-2-4-6-16)9-12-21(26)23-18-10-11-19(24)14-18;1-15(22-20(26)27-21(2,3)4)18(23)14-17(12-13-19(24)25)11-10-16-8-6-5-7-9-16;6-4-1-2-5(7)3-4;2-1-3/h2-6,9,12,15,17-19,24H,7-8,10-11,13-14,22H2,1H3,(H,23,26);5-9,12-13,15,17H,10-11,14H2,1-4H3,(H,22,26)(H,24,25);4-5,7H,1-3,6H2;1H,(H,2,3)/b12-9+;13-12+;;/t15-,17-,18+,19-;15-,17-;4-,5+;/m001./s1. The summed E-state index contributed by atoms with van der Waals surface area (Å²) in [6.45, 7) is 8.28. The fourth-order valence-corrected chi connectivity index (χ4v) is 6.74. The molecular weight excluding hydrogens is 809 g/mol. The lowest BCUT2D eigenvalue weighted by atomic mass is 9.92. The summed E-state index contributed by atoms with van der Waals surface area (Å²) < 4.78 is 5.15. The molecule has 2 saturated carbocycles. The maximum absolute atomic E-state index is 12.5. The average Bonchev–Trinajstić information content (AvgIpc) is 3.82. The van der Waals surface area contributed by atoms with Gasteiger partial charge in [0.15, 0.2) is 5.78 Å². The van der Waals surface area contributed by atoms with Crippen LogP contribution in [-0.4, -0.2) is 98.4 Å². The Bertz CT molecular complexity index is 1710. The number of ketones is 2. The highest BCUT2D eigenvalue weighted by molar-refractivity contribution is 5.88. The Morgan fingerprint density at radius 2 is 1.25 bits per heavy atom. The quantitative estimate of drug-likeness (QED) is 0.0686. The molecule has 0 radical (unpaired) electrons. The second-order valence-electron chi connectivity index (χ2n) is 17.1. The molecular formula is C48H72N4O11. The van der Waals surface area contributed by atoms with E-state index in [1.54, 1.807) is 40.7 Å². The van der Waals surface area contributed by atoms with Gasteiger partial charge >= 0.3 is 12.1 Å². The van der Waals surface area contributed by atoms with Crippen LogP contribution in [0.4, 0.5) is 4.79 Å². The molecule has 2 fully saturated rings. The maximum Gasteiger partial charge on any atom is 0.408 e. The third kappa shape index (κ3) is 28.2. The van der Waals surface area contributed by atoms with Gasteiger partial charge in [0.25, 0.3) is 6.47 Å². The summed E-state index contributed by atoms with van der Waals surface area (Å²) in [5.41, 5.74) is 12.8. The van der Waals surface area contributed by atoms with Crippen molar-refractivity contribution in [3.8, 4) is 0 Å². The molecule has 15 heteroatoms. The zero-order chi connectivity index (χ0) is 47.4. The topological polar surface area (TPSA) is 269 Å². The molecule has 0 bridgehead atoms. The minimum Gasteiger partial charge on any atom is -0.483 e. The minimum absolute atomic E-state index is 0.00651. The molecule has 350 valence electrons. The second kappa shape index (κ2) is 30.8. The van der Waals surface area contributed by atoms with Crippen molar-refractivity contribution in [1.29, 1.82) is 0 Å². The van der Waals surface area contributed by atoms with E-state index in [1.165, 1.54) is 11.6 Å². The van der Waals surface area contributed by atoms with E-state index in [1.807, 2.05) is 54.6 Å². The number of aliphatic hydroxyl groups is 2. The summed E-state index contributed by atoms with van der Waals surface area (Å²) in [5, 5.41) is 39.6. The van der Waals surface area contributed by atoms with Crippen molar-refractivity contribution in [3.63, 3.8) is 0 Å². The molecule has 2 aliphatic rings. The van der Waals surface area contributed by atoms with Crippen molar-refractivity contribution in [1.82, 2.24) is 10.6 Å². The summed E-state index contributed by atoms with van der Waals surface area (Å²) >= 11 is 0. The molecule has 63 heavy (non-hydrogen) atoms. The largest absolute Gasteiger partial charge is 0.483 e. The number of ether oxygens (including phenoxy) is 1. The van der Waals surface area contributed by atoms with Crippen molar-refractivity contribution in [3.05, 3.63) is 96.1 Å². The van der Waals surface area contributed by atoms with Gasteiger partial charge in [-0.15, -0.1) is 0 Å². The van der Waals surface area contributed by atoms with E-state index in [0.717, 1.165) is 63.0 Å². The monoisotopic (exact) mass is 881 g/mol. The van der Waals surface area contributed by atoms with Crippen molar-refractivity contribution in [2.75, 3.05) is 0 Å². The smallest absolute Gasteiger partial charge is 0.408 e. The van der Waals surface area contributed by atoms with Crippen molar-refractivity contribution in [2.45, 2.75) is 154 Å². The summed E-state index contributed by atoms with van der Waals surface area (Å²) in [6, 6.07) is 19.0. The Hall–Kier alpha value is -5.22. The molecule has 0 aromatic heterocycles. The number of hydrogen-bond acceptors (Lipinski definition) is 11. The number of carbonyl (C=O) groups excluding carboxylic acids is 4. The number of aryl methyl sites for hydroxylation is 2. The highest BCUT2D eigenvalue weighted by atomic mass is 16.6. The molecule has 2 amide bonds. The maximum atomic E-state index is 12.5. The van der Waals surface area contributed by atoms with Gasteiger partial charge in [-0.2, -0.15) is 0 Å². The van der Waals surface area contributed by atoms with E-state index in [-0.39, 0.29) is 66.5 Å². The number of carboxylic acids is 1. The number of nitrogens with two attached hydrogens (primary N) is 2. The molecule has 2 aromatic rings. The van der Waals surface area contributed by atoms with Gasteiger partial charge in [-0.25, -0.2) is 9.59 Å². The SMILES string of the molecule is C[C@H](N)C(=O)C[C@H](/C=C/C(=O)N[C@@H]1CC[C@H](O)C1)CCc1ccccc1.C[C@H](NC(=O)OC(C)(C)C)C(=O)C[C@H](/C=C/C(=O)O)CCc1ccccc1.N[C@@H]1CC[C@H](O)C1.O=CO. The Labute approximate surface area is 372 Å². The summed E-state index contributed by atoms with van der Waals surface area (Å²) in [4.78, 5) is 67.6. The van der Waals surface area contributed by atoms with Gasteiger partial charge < -0.3 is 47.3 Å². The number of aliphatic carboxylic acids is 1. The number of nitrogens with one attached hydrogen (secondary N) is 2. The number of carboxylic acid groups (broad SMARTS) is 2. The van der Waals surface area contributed by atoms with Crippen LogP contribution in [-0.2, 0) is 41.6 Å². The number of carbonyl (C=O) groups is 6. The van der Waals surface area contributed by atoms with E-state index in [0.29, 0.717) is 19.3 Å². The molecule has 2 aliphatic carbocycles. The van der Waals surface area contributed by atoms with Crippen LogP contribution in [0.15, 0.2) is 85.0 Å². The van der Waals surface area contributed by atoms with Crippen LogP contribution in [0.5, 0.6) is 0 Å². The van der Waals surface area contributed by atoms with Crippen molar-refractivity contribution in [2.24, 2.45) is 23.3 Å². The normalized spacial score (nSPS) is 20.0. The van der Waals surface area contributed by atoms with Crippen molar-refractivity contribution >= 4 is 36.0 Å². The van der Waals surface area contributed by atoms with Gasteiger partial charge in [0, 0.05) is 31.0 Å². The number of Topliss-reactive ketones (excluding diaryl/α,β-unsaturated/α-hetero) is 2. The molecule has 0 saturated heterocycles. The van der Waals surface area contributed by atoms with Gasteiger partial charge in [-0.1, -0.05) is 72.8 Å². The number of aliphatic hydroxyl groups excluding tert-OH is 2. The number of benzene rings is 2. The second-order valence-corrected chi connectivity index (χ2v) is 17.1. The first kappa shape index (κ1) is 55.8. The first-order chi connectivity index (χ1) is 29.7. The van der Waals surface area contributed by atoms with Gasteiger partial charge in [-0.05, 0) is 128 Å². The molecule has 8 atom stereocenters. The summed E-state index contributed by atoms with van der Waals surface area (Å²) in [7, 11) is 0. The first-order valence-corrected chi connectivity index (χ1v) is 21.7. The molecule has 0 unspecified atom stereocenters. The zero-order valence-electron chi connectivity index (χ0n) is 37.6. The first-order valence-electron chi connectivity index (χ1n) is 21.7. The Balaban J connectivity index is 0.000000516. The summed E-state index contributed by atoms with van der Waals surface area (Å²) in [6.07, 6.45) is 13.2. The van der Waals surface area contributed by atoms with Gasteiger partial charge in [0.2, 0.25) is 5.91 Å². The number of amides is 2. The lowest BCUT2D eigenvalue weighted by Crippen LogP contribution is -2.42. The fraction of sp³-hybridized carbons (Fsp3) is 0.542. The Morgan fingerprint density at radius 1 is 0.778 bits per heavy atom. The molecule has 10 N–H and O–H groups in total. The number of alkyl carbamates (subject to hydrolysis) is 1. The molecule has 4 rings (SSSR count). The fourth-order valence-electron chi connectivity index (χ4n) is 6.74. The average molecular weight is 881 g/mol. The van der Waals surface area contributed by atoms with Crippen molar-refractivity contribution < 1.29 is 53.9 Å². The Morgan fingerprint density at radius 3 is 1.65 bits per heavy atom. The minimum atomic E-state index is -1.05. The van der Waals surface area contributed by atoms with E-state index in [9.17, 15) is 29.1 Å². The third-order valence-corrected chi connectivity index (χ3v) is 10.2. The predicted octanol–water partition coefficient (Wildman–Crippen LogP) is 5.44. The number of hydrogen-bond donors (Lipinski definition) is 8. The van der Waals surface area contributed by atoms with Crippen LogP contribution in [0.2, 0.25) is 0 Å². The number of allylic oxidation sites excluding steroid dienone is 2. The lowest BCUT2D eigenvalue weighted by Gasteiger charge is -2.22. The van der Waals surface area contributed by atoms with Crippen LogP contribution in [0.25, 0.3) is 0 Å². The van der Waals surface area contributed by atoms with E-state index < -0.39 is 29.7 Å². The highest BCUT2D eigenvalue weighted by Gasteiger charge is 2.25.